The van der Waals surface area contributed by atoms with Crippen LogP contribution >= 0.6 is 12.2 Å². The zero-order chi connectivity index (χ0) is 19.2. The molecule has 1 fully saturated rings. The van der Waals surface area contributed by atoms with Crippen molar-refractivity contribution in [1.29, 1.82) is 0 Å². The number of thiocarbonyl (C=S) groups is 1. The Balaban J connectivity index is 1.72. The molecule has 1 heterocycles. The van der Waals surface area contributed by atoms with Gasteiger partial charge in [0.2, 0.25) is 0 Å². The Labute approximate surface area is 167 Å². The van der Waals surface area contributed by atoms with Crippen molar-refractivity contribution in [3.8, 4) is 0 Å². The quantitative estimate of drug-likeness (QED) is 0.693. The standard InChI is InChI=1S/C22H29N3OS/c1-16-9-10-17(2)20(15-16)24-22(27)23-18(3)21(19-7-5-4-6-8-19)25-11-13-26-14-12-25/h4-10,15,18,21H,11-14H2,1-3H3,(H2,23,24,27)/p+1/t18-,21+/m0/s1. The molecular weight excluding hydrogens is 354 g/mol. The van der Waals surface area contributed by atoms with Gasteiger partial charge in [-0.05, 0) is 50.2 Å². The maximum absolute atomic E-state index is 5.63. The van der Waals surface area contributed by atoms with Crippen LogP contribution in [0.15, 0.2) is 48.5 Å². The van der Waals surface area contributed by atoms with E-state index in [1.807, 2.05) is 0 Å². The Morgan fingerprint density at radius 3 is 2.48 bits per heavy atom. The summed E-state index contributed by atoms with van der Waals surface area (Å²) < 4.78 is 5.57. The van der Waals surface area contributed by atoms with Gasteiger partial charge in [0.15, 0.2) is 5.11 Å². The van der Waals surface area contributed by atoms with Crippen molar-refractivity contribution in [3.63, 3.8) is 0 Å². The highest BCUT2D eigenvalue weighted by Gasteiger charge is 2.31. The summed E-state index contributed by atoms with van der Waals surface area (Å²) in [5.74, 6) is 0. The van der Waals surface area contributed by atoms with Crippen LogP contribution in [0.3, 0.4) is 0 Å². The van der Waals surface area contributed by atoms with Gasteiger partial charge in [0.05, 0.1) is 19.3 Å². The molecule has 0 bridgehead atoms. The lowest BCUT2D eigenvalue weighted by Gasteiger charge is -2.36. The molecule has 2 atom stereocenters. The lowest BCUT2D eigenvalue weighted by atomic mass is 9.98. The molecule has 0 aliphatic carbocycles. The molecule has 1 saturated heterocycles. The first kappa shape index (κ1) is 19.8. The fourth-order valence-corrected chi connectivity index (χ4v) is 4.10. The van der Waals surface area contributed by atoms with Crippen LogP contribution < -0.4 is 15.5 Å². The number of ether oxygens (including phenoxy) is 1. The summed E-state index contributed by atoms with van der Waals surface area (Å²) >= 11 is 5.63. The normalized spacial score (nSPS) is 17.1. The first-order valence-electron chi connectivity index (χ1n) is 9.66. The van der Waals surface area contributed by atoms with Gasteiger partial charge < -0.3 is 20.3 Å². The van der Waals surface area contributed by atoms with Crippen LogP contribution in [0.25, 0.3) is 0 Å². The van der Waals surface area contributed by atoms with Crippen molar-refractivity contribution in [1.82, 2.24) is 5.32 Å². The Morgan fingerprint density at radius 1 is 1.07 bits per heavy atom. The zero-order valence-electron chi connectivity index (χ0n) is 16.4. The molecular formula is C22H30N3OS+. The molecule has 0 amide bonds. The van der Waals surface area contributed by atoms with Gasteiger partial charge in [-0.15, -0.1) is 0 Å². The van der Waals surface area contributed by atoms with E-state index in [4.69, 9.17) is 17.0 Å². The number of hydrogen-bond donors (Lipinski definition) is 3. The molecule has 27 heavy (non-hydrogen) atoms. The highest BCUT2D eigenvalue weighted by Crippen LogP contribution is 2.17. The second kappa shape index (κ2) is 9.31. The Bertz CT molecular complexity index is 759. The minimum absolute atomic E-state index is 0.200. The Morgan fingerprint density at radius 2 is 1.78 bits per heavy atom. The second-order valence-corrected chi connectivity index (χ2v) is 7.77. The van der Waals surface area contributed by atoms with E-state index in [9.17, 15) is 0 Å². The van der Waals surface area contributed by atoms with Crippen molar-refractivity contribution >= 4 is 23.0 Å². The number of quaternary nitrogens is 1. The molecule has 2 aromatic rings. The molecule has 1 aliphatic heterocycles. The third-order valence-electron chi connectivity index (χ3n) is 5.23. The van der Waals surface area contributed by atoms with Crippen LogP contribution in [0.1, 0.15) is 29.7 Å². The third-order valence-corrected chi connectivity index (χ3v) is 5.45. The van der Waals surface area contributed by atoms with Crippen LogP contribution in [0, 0.1) is 13.8 Å². The van der Waals surface area contributed by atoms with E-state index in [0.29, 0.717) is 11.2 Å². The van der Waals surface area contributed by atoms with Gasteiger partial charge in [-0.2, -0.15) is 0 Å². The summed E-state index contributed by atoms with van der Waals surface area (Å²) in [4.78, 5) is 1.54. The summed E-state index contributed by atoms with van der Waals surface area (Å²) in [5.41, 5.74) is 4.81. The molecule has 0 saturated carbocycles. The first-order valence-corrected chi connectivity index (χ1v) is 10.1. The predicted molar refractivity (Wildman–Crippen MR) is 115 cm³/mol. The molecule has 0 radical (unpaired) electrons. The fourth-order valence-electron chi connectivity index (χ4n) is 3.80. The van der Waals surface area contributed by atoms with Crippen molar-refractivity contribution in [2.24, 2.45) is 0 Å². The molecule has 4 nitrogen and oxygen atoms in total. The second-order valence-electron chi connectivity index (χ2n) is 7.36. The van der Waals surface area contributed by atoms with Crippen LogP contribution in [-0.4, -0.2) is 37.5 Å². The number of anilines is 1. The minimum Gasteiger partial charge on any atom is -0.370 e. The molecule has 1 aliphatic rings. The fraction of sp³-hybridized carbons (Fsp3) is 0.409. The number of aryl methyl sites for hydroxylation is 2. The summed E-state index contributed by atoms with van der Waals surface area (Å²) in [5, 5.41) is 7.58. The maximum Gasteiger partial charge on any atom is 0.171 e. The number of rotatable bonds is 5. The van der Waals surface area contributed by atoms with Crippen LogP contribution in [0.5, 0.6) is 0 Å². The zero-order valence-corrected chi connectivity index (χ0v) is 17.2. The number of benzene rings is 2. The number of hydrogen-bond acceptors (Lipinski definition) is 2. The lowest BCUT2D eigenvalue weighted by Crippen LogP contribution is -3.15. The third kappa shape index (κ3) is 5.28. The van der Waals surface area contributed by atoms with Crippen LogP contribution in [0.2, 0.25) is 0 Å². The van der Waals surface area contributed by atoms with Gasteiger partial charge in [0.1, 0.15) is 19.1 Å². The monoisotopic (exact) mass is 384 g/mol. The molecule has 0 aromatic heterocycles. The van der Waals surface area contributed by atoms with E-state index in [-0.39, 0.29) is 6.04 Å². The molecule has 3 N–H and O–H groups in total. The average molecular weight is 385 g/mol. The molecule has 2 aromatic carbocycles. The number of nitrogens with one attached hydrogen (secondary N) is 3. The van der Waals surface area contributed by atoms with E-state index in [0.717, 1.165) is 32.0 Å². The molecule has 3 rings (SSSR count). The van der Waals surface area contributed by atoms with E-state index in [2.05, 4.69) is 79.9 Å². The maximum atomic E-state index is 5.63. The van der Waals surface area contributed by atoms with Gasteiger partial charge in [-0.25, -0.2) is 0 Å². The lowest BCUT2D eigenvalue weighted by molar-refractivity contribution is -0.940. The van der Waals surface area contributed by atoms with E-state index >= 15 is 0 Å². The Hall–Kier alpha value is -1.95. The minimum atomic E-state index is 0.200. The largest absolute Gasteiger partial charge is 0.370 e. The topological polar surface area (TPSA) is 37.7 Å². The van der Waals surface area contributed by atoms with E-state index in [1.165, 1.54) is 16.7 Å². The van der Waals surface area contributed by atoms with Gasteiger partial charge in [0.25, 0.3) is 0 Å². The van der Waals surface area contributed by atoms with Gasteiger partial charge in [-0.1, -0.05) is 42.5 Å². The first-order chi connectivity index (χ1) is 13.0. The molecule has 5 heteroatoms. The van der Waals surface area contributed by atoms with Crippen molar-refractivity contribution < 1.29 is 9.64 Å². The van der Waals surface area contributed by atoms with Crippen LogP contribution in [0.4, 0.5) is 5.69 Å². The Kier molecular flexibility index (Phi) is 6.83. The average Bonchev–Trinajstić information content (AvgIpc) is 2.66. The van der Waals surface area contributed by atoms with Crippen molar-refractivity contribution in [2.45, 2.75) is 32.9 Å². The van der Waals surface area contributed by atoms with Crippen molar-refractivity contribution in [3.05, 3.63) is 65.2 Å². The van der Waals surface area contributed by atoms with Gasteiger partial charge in [-0.3, -0.25) is 0 Å². The van der Waals surface area contributed by atoms with Crippen molar-refractivity contribution in [2.75, 3.05) is 31.6 Å². The number of morpholine rings is 1. The van der Waals surface area contributed by atoms with Gasteiger partial charge in [0, 0.05) is 11.3 Å². The molecule has 0 spiro atoms. The smallest absolute Gasteiger partial charge is 0.171 e. The summed E-state index contributed by atoms with van der Waals surface area (Å²) in [6.45, 7) is 10.1. The summed E-state index contributed by atoms with van der Waals surface area (Å²) in [6, 6.07) is 17.6. The van der Waals surface area contributed by atoms with Crippen LogP contribution in [-0.2, 0) is 4.74 Å². The van der Waals surface area contributed by atoms with E-state index in [1.54, 1.807) is 4.90 Å². The predicted octanol–water partition coefficient (Wildman–Crippen LogP) is 2.63. The molecule has 144 valence electrons. The SMILES string of the molecule is Cc1ccc(C)c(NC(=S)N[C@@H](C)[C@H](c2ccccc2)[NH+]2CCOCC2)c1. The highest BCUT2D eigenvalue weighted by atomic mass is 32.1. The van der Waals surface area contributed by atoms with Gasteiger partial charge >= 0.3 is 0 Å². The summed E-state index contributed by atoms with van der Waals surface area (Å²) in [7, 11) is 0. The molecule has 0 unspecified atom stereocenters. The summed E-state index contributed by atoms with van der Waals surface area (Å²) in [6.07, 6.45) is 0. The van der Waals surface area contributed by atoms with E-state index < -0.39 is 0 Å². The highest BCUT2D eigenvalue weighted by molar-refractivity contribution is 7.80.